The summed E-state index contributed by atoms with van der Waals surface area (Å²) in [4.78, 5) is 2.15. The molecule has 102 valence electrons. The van der Waals surface area contributed by atoms with E-state index >= 15 is 0 Å². The number of nitrogens with one attached hydrogen (secondary N) is 1. The van der Waals surface area contributed by atoms with E-state index in [-0.39, 0.29) is 11.9 Å². The van der Waals surface area contributed by atoms with Crippen molar-refractivity contribution in [3.8, 4) is 0 Å². The van der Waals surface area contributed by atoms with Crippen molar-refractivity contribution < 1.29 is 4.39 Å². The molecule has 0 aliphatic heterocycles. The van der Waals surface area contributed by atoms with Gasteiger partial charge in [0.2, 0.25) is 0 Å². The molecule has 3 heteroatoms. The Morgan fingerprint density at radius 2 is 2.00 bits per heavy atom. The molecular formula is C15H25FN2. The van der Waals surface area contributed by atoms with Gasteiger partial charge in [0, 0.05) is 30.9 Å². The first kappa shape index (κ1) is 15.0. The summed E-state index contributed by atoms with van der Waals surface area (Å²) in [5, 5.41) is 3.12. The van der Waals surface area contributed by atoms with Gasteiger partial charge in [0.05, 0.1) is 0 Å². The van der Waals surface area contributed by atoms with Crippen molar-refractivity contribution in [2.45, 2.75) is 33.2 Å². The van der Waals surface area contributed by atoms with Crippen LogP contribution in [0.2, 0.25) is 0 Å². The van der Waals surface area contributed by atoms with E-state index in [9.17, 15) is 4.39 Å². The summed E-state index contributed by atoms with van der Waals surface area (Å²) in [6.45, 7) is 7.33. The molecule has 0 aliphatic carbocycles. The maximum Gasteiger partial charge on any atom is 0.130 e. The van der Waals surface area contributed by atoms with Crippen LogP contribution in [0.1, 0.15) is 38.8 Å². The Kier molecular flexibility index (Phi) is 5.60. The molecule has 18 heavy (non-hydrogen) atoms. The standard InChI is InChI=1S/C15H25FN2/c1-6-11(2)10-18(5)14-9-7-8-13(16)15(14)12(3)17-4/h7-9,11-12,17H,6,10H2,1-5H3. The van der Waals surface area contributed by atoms with Crippen LogP contribution in [-0.2, 0) is 0 Å². The maximum atomic E-state index is 14.0. The van der Waals surface area contributed by atoms with Crippen molar-refractivity contribution in [3.05, 3.63) is 29.6 Å². The van der Waals surface area contributed by atoms with Gasteiger partial charge in [-0.1, -0.05) is 26.3 Å². The predicted octanol–water partition coefficient (Wildman–Crippen LogP) is 3.59. The van der Waals surface area contributed by atoms with Crippen LogP contribution in [0.4, 0.5) is 10.1 Å². The van der Waals surface area contributed by atoms with Crippen molar-refractivity contribution in [1.29, 1.82) is 0 Å². The largest absolute Gasteiger partial charge is 0.374 e. The van der Waals surface area contributed by atoms with Crippen LogP contribution < -0.4 is 10.2 Å². The molecule has 0 aliphatic rings. The summed E-state index contributed by atoms with van der Waals surface area (Å²) < 4.78 is 14.0. The van der Waals surface area contributed by atoms with Crippen LogP contribution in [0.5, 0.6) is 0 Å². The molecule has 1 rings (SSSR count). The fourth-order valence-electron chi connectivity index (χ4n) is 2.13. The number of nitrogens with zero attached hydrogens (tertiary/aromatic N) is 1. The fraction of sp³-hybridized carbons (Fsp3) is 0.600. The van der Waals surface area contributed by atoms with Gasteiger partial charge >= 0.3 is 0 Å². The molecule has 2 unspecified atom stereocenters. The van der Waals surface area contributed by atoms with E-state index in [0.717, 1.165) is 24.2 Å². The van der Waals surface area contributed by atoms with E-state index in [1.807, 2.05) is 27.1 Å². The van der Waals surface area contributed by atoms with E-state index in [0.29, 0.717) is 5.92 Å². The van der Waals surface area contributed by atoms with E-state index < -0.39 is 0 Å². The maximum absolute atomic E-state index is 14.0. The third kappa shape index (κ3) is 3.45. The molecule has 0 spiro atoms. The predicted molar refractivity (Wildman–Crippen MR) is 76.6 cm³/mol. The number of hydrogen-bond acceptors (Lipinski definition) is 2. The lowest BCUT2D eigenvalue weighted by Crippen LogP contribution is -2.27. The van der Waals surface area contributed by atoms with Gasteiger partial charge in [0.1, 0.15) is 5.82 Å². The minimum absolute atomic E-state index is 0.0144. The van der Waals surface area contributed by atoms with Crippen LogP contribution in [0.3, 0.4) is 0 Å². The third-order valence-corrected chi connectivity index (χ3v) is 3.59. The van der Waals surface area contributed by atoms with Crippen LogP contribution in [0.15, 0.2) is 18.2 Å². The van der Waals surface area contributed by atoms with Gasteiger partial charge in [-0.2, -0.15) is 0 Å². The average molecular weight is 252 g/mol. The zero-order valence-corrected chi connectivity index (χ0v) is 12.1. The number of hydrogen-bond donors (Lipinski definition) is 1. The Morgan fingerprint density at radius 1 is 1.33 bits per heavy atom. The van der Waals surface area contributed by atoms with Gasteiger partial charge in [0.25, 0.3) is 0 Å². The van der Waals surface area contributed by atoms with Gasteiger partial charge in [-0.3, -0.25) is 0 Å². The zero-order chi connectivity index (χ0) is 13.7. The topological polar surface area (TPSA) is 15.3 Å². The summed E-state index contributed by atoms with van der Waals surface area (Å²) in [6, 6.07) is 5.32. The second kappa shape index (κ2) is 6.74. The Hall–Kier alpha value is -1.09. The molecule has 0 saturated heterocycles. The molecule has 2 nitrogen and oxygen atoms in total. The van der Waals surface area contributed by atoms with E-state index in [1.165, 1.54) is 6.07 Å². The number of anilines is 1. The molecular weight excluding hydrogens is 227 g/mol. The Bertz CT molecular complexity index is 379. The fourth-order valence-corrected chi connectivity index (χ4v) is 2.13. The molecule has 0 saturated carbocycles. The lowest BCUT2D eigenvalue weighted by atomic mass is 10.0. The average Bonchev–Trinajstić information content (AvgIpc) is 2.37. The van der Waals surface area contributed by atoms with Crippen LogP contribution >= 0.6 is 0 Å². The summed E-state index contributed by atoms with van der Waals surface area (Å²) in [5.41, 5.74) is 1.74. The molecule has 0 bridgehead atoms. The molecule has 1 aromatic carbocycles. The quantitative estimate of drug-likeness (QED) is 0.832. The van der Waals surface area contributed by atoms with Gasteiger partial charge in [-0.25, -0.2) is 4.39 Å². The summed E-state index contributed by atoms with van der Waals surface area (Å²) in [7, 11) is 3.89. The lowest BCUT2D eigenvalue weighted by Gasteiger charge is -2.27. The number of halogens is 1. The molecule has 1 aromatic rings. The molecule has 1 N–H and O–H groups in total. The second-order valence-electron chi connectivity index (χ2n) is 5.08. The molecule has 0 radical (unpaired) electrons. The first-order chi connectivity index (χ1) is 8.51. The number of benzene rings is 1. The highest BCUT2D eigenvalue weighted by atomic mass is 19.1. The van der Waals surface area contributed by atoms with Gasteiger partial charge in [-0.05, 0) is 32.0 Å². The highest BCUT2D eigenvalue weighted by Crippen LogP contribution is 2.28. The minimum atomic E-state index is -0.134. The van der Waals surface area contributed by atoms with Crippen molar-refractivity contribution >= 4 is 5.69 Å². The van der Waals surface area contributed by atoms with Crippen molar-refractivity contribution in [2.75, 3.05) is 25.5 Å². The summed E-state index contributed by atoms with van der Waals surface area (Å²) in [5.74, 6) is 0.473. The van der Waals surface area contributed by atoms with Crippen molar-refractivity contribution in [2.24, 2.45) is 5.92 Å². The van der Waals surface area contributed by atoms with E-state index in [4.69, 9.17) is 0 Å². The van der Waals surface area contributed by atoms with E-state index in [1.54, 1.807) is 6.07 Å². The normalized spacial score (nSPS) is 14.3. The monoisotopic (exact) mass is 252 g/mol. The van der Waals surface area contributed by atoms with Crippen molar-refractivity contribution in [3.63, 3.8) is 0 Å². The van der Waals surface area contributed by atoms with Crippen LogP contribution in [0.25, 0.3) is 0 Å². The second-order valence-corrected chi connectivity index (χ2v) is 5.08. The molecule has 2 atom stereocenters. The molecule has 0 amide bonds. The Balaban J connectivity index is 3.03. The van der Waals surface area contributed by atoms with Gasteiger partial charge < -0.3 is 10.2 Å². The Morgan fingerprint density at radius 3 is 2.56 bits per heavy atom. The first-order valence-electron chi connectivity index (χ1n) is 6.68. The first-order valence-corrected chi connectivity index (χ1v) is 6.68. The third-order valence-electron chi connectivity index (χ3n) is 3.59. The SMILES string of the molecule is CCC(C)CN(C)c1cccc(F)c1C(C)NC. The summed E-state index contributed by atoms with van der Waals surface area (Å²) in [6.07, 6.45) is 1.14. The lowest BCUT2D eigenvalue weighted by molar-refractivity contribution is 0.543. The zero-order valence-electron chi connectivity index (χ0n) is 12.1. The van der Waals surface area contributed by atoms with E-state index in [2.05, 4.69) is 24.1 Å². The minimum Gasteiger partial charge on any atom is -0.374 e. The molecule has 0 aromatic heterocycles. The summed E-state index contributed by atoms with van der Waals surface area (Å²) >= 11 is 0. The van der Waals surface area contributed by atoms with Gasteiger partial charge in [0.15, 0.2) is 0 Å². The van der Waals surface area contributed by atoms with Crippen molar-refractivity contribution in [1.82, 2.24) is 5.32 Å². The van der Waals surface area contributed by atoms with Crippen LogP contribution in [0, 0.1) is 11.7 Å². The Labute approximate surface area is 110 Å². The van der Waals surface area contributed by atoms with Gasteiger partial charge in [-0.15, -0.1) is 0 Å². The smallest absolute Gasteiger partial charge is 0.130 e. The number of rotatable bonds is 6. The highest BCUT2D eigenvalue weighted by Gasteiger charge is 2.17. The molecule has 0 heterocycles. The molecule has 0 fully saturated rings. The van der Waals surface area contributed by atoms with Crippen LogP contribution in [-0.4, -0.2) is 20.6 Å². The highest BCUT2D eigenvalue weighted by molar-refractivity contribution is 5.55.